The van der Waals surface area contributed by atoms with Gasteiger partial charge < -0.3 is 5.73 Å². The summed E-state index contributed by atoms with van der Waals surface area (Å²) >= 11 is 2.96. The van der Waals surface area contributed by atoms with Crippen LogP contribution >= 0.6 is 28.3 Å². The molecule has 1 rings (SSSR count). The Morgan fingerprint density at radius 1 is 1.36 bits per heavy atom. The number of aromatic nitrogens is 1. The van der Waals surface area contributed by atoms with Crippen LogP contribution in [0.1, 0.15) is 11.7 Å². The van der Waals surface area contributed by atoms with Crippen LogP contribution in [0.25, 0.3) is 0 Å². The van der Waals surface area contributed by atoms with Gasteiger partial charge in [-0.3, -0.25) is 0 Å². The van der Waals surface area contributed by atoms with Crippen molar-refractivity contribution in [2.45, 2.75) is 12.2 Å². The summed E-state index contributed by atoms with van der Waals surface area (Å²) in [6, 6.07) is 2.21. The monoisotopic (exact) mass is 290 g/mol. The molecule has 0 saturated carbocycles. The largest absolute Gasteiger partial charge is 0.409 e. The predicted molar refractivity (Wildman–Crippen MR) is 52.2 cm³/mol. The van der Waals surface area contributed by atoms with Crippen molar-refractivity contribution >= 4 is 28.3 Å². The number of halogens is 5. The Morgan fingerprint density at radius 3 is 2.36 bits per heavy atom. The van der Waals surface area contributed by atoms with Gasteiger partial charge in [0.25, 0.3) is 0 Å². The van der Waals surface area contributed by atoms with E-state index in [9.17, 15) is 13.2 Å². The molecular weight excluding hydrogens is 284 g/mol. The van der Waals surface area contributed by atoms with Gasteiger partial charge in [-0.25, -0.2) is 4.98 Å². The molecule has 0 saturated heterocycles. The summed E-state index contributed by atoms with van der Waals surface area (Å²) < 4.78 is 36.6. The third kappa shape index (κ3) is 3.43. The van der Waals surface area contributed by atoms with E-state index in [1.54, 1.807) is 0 Å². The summed E-state index contributed by atoms with van der Waals surface area (Å²) in [5, 5.41) is 0. The molecule has 2 nitrogen and oxygen atoms in total. The highest BCUT2D eigenvalue weighted by Crippen LogP contribution is 2.29. The van der Waals surface area contributed by atoms with Crippen LogP contribution in [0.4, 0.5) is 13.2 Å². The second-order valence-corrected chi connectivity index (χ2v) is 3.22. The van der Waals surface area contributed by atoms with Gasteiger partial charge in [0.05, 0.1) is 5.69 Å². The van der Waals surface area contributed by atoms with E-state index in [1.807, 2.05) is 0 Å². The number of hydrogen-bond acceptors (Lipinski definition) is 2. The molecule has 1 aromatic rings. The van der Waals surface area contributed by atoms with Crippen LogP contribution in [0.3, 0.4) is 0 Å². The smallest absolute Gasteiger partial charge is 0.315 e. The lowest BCUT2D eigenvalue weighted by Crippen LogP contribution is -2.29. The van der Waals surface area contributed by atoms with Crippen LogP contribution in [-0.4, -0.2) is 11.2 Å². The van der Waals surface area contributed by atoms with Crippen molar-refractivity contribution in [3.8, 4) is 0 Å². The minimum absolute atomic E-state index is 0. The molecule has 0 bridgehead atoms. The molecule has 0 aliphatic carbocycles. The summed E-state index contributed by atoms with van der Waals surface area (Å²) in [6.45, 7) is 0. The maximum atomic E-state index is 12.1. The molecule has 0 amide bonds. The Hall–Kier alpha value is -0.330. The van der Waals surface area contributed by atoms with E-state index in [0.29, 0.717) is 4.60 Å². The Balaban J connectivity index is 0.00000169. The van der Waals surface area contributed by atoms with Crippen molar-refractivity contribution in [1.29, 1.82) is 0 Å². The van der Waals surface area contributed by atoms with E-state index < -0.39 is 12.2 Å². The second kappa shape index (κ2) is 4.95. The third-order valence-corrected chi connectivity index (χ3v) is 1.85. The van der Waals surface area contributed by atoms with Gasteiger partial charge in [-0.1, -0.05) is 6.07 Å². The normalized spacial score (nSPS) is 13.2. The van der Waals surface area contributed by atoms with E-state index in [2.05, 4.69) is 20.9 Å². The van der Waals surface area contributed by atoms with E-state index in [-0.39, 0.29) is 18.1 Å². The fraction of sp³-hybridized carbons (Fsp3) is 0.286. The maximum Gasteiger partial charge on any atom is 0.409 e. The zero-order chi connectivity index (χ0) is 10.1. The van der Waals surface area contributed by atoms with Gasteiger partial charge >= 0.3 is 6.18 Å². The third-order valence-electron chi connectivity index (χ3n) is 1.41. The van der Waals surface area contributed by atoms with E-state index >= 15 is 0 Å². The number of rotatable bonds is 1. The molecule has 0 unspecified atom stereocenters. The summed E-state index contributed by atoms with van der Waals surface area (Å²) in [6.07, 6.45) is -4.45. The molecule has 80 valence electrons. The van der Waals surface area contributed by atoms with Crippen LogP contribution in [0.15, 0.2) is 22.8 Å². The van der Waals surface area contributed by atoms with Gasteiger partial charge in [-0.15, -0.1) is 12.4 Å². The average Bonchev–Trinajstić information content (AvgIpc) is 2.01. The highest BCUT2D eigenvalue weighted by atomic mass is 79.9. The van der Waals surface area contributed by atoms with Gasteiger partial charge in [0.2, 0.25) is 0 Å². The first-order chi connectivity index (χ1) is 5.91. The van der Waals surface area contributed by atoms with E-state index in [1.165, 1.54) is 18.2 Å². The zero-order valence-electron chi connectivity index (χ0n) is 6.75. The molecule has 1 heterocycles. The molecule has 0 aromatic carbocycles. The Morgan fingerprint density at radius 2 is 1.93 bits per heavy atom. The first kappa shape index (κ1) is 13.7. The molecule has 0 aliphatic heterocycles. The van der Waals surface area contributed by atoms with E-state index in [4.69, 9.17) is 5.73 Å². The van der Waals surface area contributed by atoms with Gasteiger partial charge in [0, 0.05) is 0 Å². The topological polar surface area (TPSA) is 38.9 Å². The van der Waals surface area contributed by atoms with Gasteiger partial charge in [0.15, 0.2) is 0 Å². The molecule has 1 aromatic heterocycles. The fourth-order valence-corrected chi connectivity index (χ4v) is 1.12. The molecule has 14 heavy (non-hydrogen) atoms. The Bertz CT molecular complexity index is 305. The number of hydrogen-bond donors (Lipinski definition) is 1. The fourth-order valence-electron chi connectivity index (χ4n) is 0.765. The minimum Gasteiger partial charge on any atom is -0.315 e. The predicted octanol–water partition coefficient (Wildman–Crippen LogP) is 2.83. The summed E-state index contributed by atoms with van der Waals surface area (Å²) in [4.78, 5) is 3.61. The van der Waals surface area contributed by atoms with Gasteiger partial charge in [-0.05, 0) is 28.1 Å². The van der Waals surface area contributed by atoms with Crippen LogP contribution in [0.2, 0.25) is 0 Å². The molecule has 0 radical (unpaired) electrons. The van der Waals surface area contributed by atoms with Crippen molar-refractivity contribution in [1.82, 2.24) is 4.98 Å². The standard InChI is InChI=1S/C7H6BrF3N2.ClH/c8-5-3-1-2-4(13-5)6(12)7(9,10)11;/h1-3,6H,12H2;1H/t6-;/m1./s1. The number of nitrogens with zero attached hydrogens (tertiary/aromatic N) is 1. The van der Waals surface area contributed by atoms with Crippen LogP contribution in [-0.2, 0) is 0 Å². The average molecular weight is 291 g/mol. The lowest BCUT2D eigenvalue weighted by atomic mass is 10.2. The molecule has 0 fully saturated rings. The van der Waals surface area contributed by atoms with Crippen molar-refractivity contribution < 1.29 is 13.2 Å². The molecule has 0 aliphatic rings. The van der Waals surface area contributed by atoms with Crippen LogP contribution < -0.4 is 5.73 Å². The first-order valence-electron chi connectivity index (χ1n) is 3.36. The van der Waals surface area contributed by atoms with Gasteiger partial charge in [-0.2, -0.15) is 13.2 Å². The second-order valence-electron chi connectivity index (χ2n) is 2.40. The molecular formula is C7H7BrClF3N2. The maximum absolute atomic E-state index is 12.1. The summed E-state index contributed by atoms with van der Waals surface area (Å²) in [5.41, 5.74) is 4.74. The Labute approximate surface area is 93.2 Å². The van der Waals surface area contributed by atoms with Gasteiger partial charge in [0.1, 0.15) is 10.6 Å². The van der Waals surface area contributed by atoms with Crippen molar-refractivity contribution in [2.24, 2.45) is 5.73 Å². The first-order valence-corrected chi connectivity index (χ1v) is 4.15. The number of nitrogens with two attached hydrogens (primary N) is 1. The van der Waals surface area contributed by atoms with Crippen molar-refractivity contribution in [3.05, 3.63) is 28.5 Å². The molecule has 0 spiro atoms. The van der Waals surface area contributed by atoms with E-state index in [0.717, 1.165) is 0 Å². The number of alkyl halides is 3. The lowest BCUT2D eigenvalue weighted by molar-refractivity contribution is -0.150. The lowest BCUT2D eigenvalue weighted by Gasteiger charge is -2.14. The summed E-state index contributed by atoms with van der Waals surface area (Å²) in [5.74, 6) is 0. The molecule has 7 heteroatoms. The summed E-state index contributed by atoms with van der Waals surface area (Å²) in [7, 11) is 0. The van der Waals surface area contributed by atoms with Crippen molar-refractivity contribution in [3.63, 3.8) is 0 Å². The molecule has 2 N–H and O–H groups in total. The van der Waals surface area contributed by atoms with Crippen molar-refractivity contribution in [2.75, 3.05) is 0 Å². The highest BCUT2D eigenvalue weighted by Gasteiger charge is 2.38. The Kier molecular flexibility index (Phi) is 4.83. The number of pyridine rings is 1. The van der Waals surface area contributed by atoms with Crippen LogP contribution in [0.5, 0.6) is 0 Å². The minimum atomic E-state index is -4.45. The zero-order valence-corrected chi connectivity index (χ0v) is 9.16. The molecule has 1 atom stereocenters. The van der Waals surface area contributed by atoms with Crippen LogP contribution in [0, 0.1) is 0 Å². The highest BCUT2D eigenvalue weighted by molar-refractivity contribution is 9.10. The SMILES string of the molecule is Cl.N[C@H](c1cccc(Br)n1)C(F)(F)F. The quantitative estimate of drug-likeness (QED) is 0.808.